The summed E-state index contributed by atoms with van der Waals surface area (Å²) in [6.45, 7) is 3.63. The molecule has 5 aromatic rings. The summed E-state index contributed by atoms with van der Waals surface area (Å²) in [6.07, 6.45) is 1.80. The number of benzene rings is 2. The van der Waals surface area contributed by atoms with Crippen molar-refractivity contribution in [2.45, 2.75) is 19.9 Å². The molecule has 1 aliphatic rings. The van der Waals surface area contributed by atoms with Crippen LogP contribution < -0.4 is 9.64 Å². The largest absolute Gasteiger partial charge is 0.505 e. The number of anilines is 1. The summed E-state index contributed by atoms with van der Waals surface area (Å²) in [5.41, 5.74) is 2.59. The molecule has 6 rings (SSSR count). The minimum atomic E-state index is -1.25. The molecular weight excluding hydrogens is 507 g/mol. The average Bonchev–Trinajstić information content (AvgIpc) is 3.56. The van der Waals surface area contributed by atoms with E-state index < -0.39 is 29.3 Å². The van der Waals surface area contributed by atoms with E-state index >= 15 is 4.39 Å². The zero-order valence-corrected chi connectivity index (χ0v) is 21.4. The van der Waals surface area contributed by atoms with Crippen LogP contribution in [0, 0.1) is 19.7 Å². The van der Waals surface area contributed by atoms with Crippen LogP contribution in [0.4, 0.5) is 9.52 Å². The summed E-state index contributed by atoms with van der Waals surface area (Å²) in [6, 6.07) is 13.6. The minimum Gasteiger partial charge on any atom is -0.505 e. The normalized spacial score (nSPS) is 17.2. The van der Waals surface area contributed by atoms with E-state index in [9.17, 15) is 14.7 Å². The number of aliphatic hydroxyl groups excluding tert-OH is 1. The molecule has 1 fully saturated rings. The number of Topliss-reactive ketones (excluding diaryl/α,β-unsaturated/α-hetero) is 1. The van der Waals surface area contributed by atoms with Crippen molar-refractivity contribution in [1.29, 1.82) is 0 Å². The Kier molecular flexibility index (Phi) is 5.50. The number of thiazole rings is 1. The van der Waals surface area contributed by atoms with Gasteiger partial charge in [-0.2, -0.15) is 0 Å². The van der Waals surface area contributed by atoms with Gasteiger partial charge in [0, 0.05) is 11.8 Å². The van der Waals surface area contributed by atoms with Gasteiger partial charge >= 0.3 is 5.91 Å². The second kappa shape index (κ2) is 8.77. The topological polar surface area (TPSA) is 97.0 Å². The van der Waals surface area contributed by atoms with Gasteiger partial charge in [-0.05, 0) is 49.7 Å². The Morgan fingerprint density at radius 2 is 1.87 bits per heavy atom. The van der Waals surface area contributed by atoms with Crippen molar-refractivity contribution in [2.24, 2.45) is 0 Å². The number of methoxy groups -OCH3 is 1. The van der Waals surface area contributed by atoms with Gasteiger partial charge in [-0.3, -0.25) is 14.5 Å². The number of pyridine rings is 1. The number of imidazole rings is 1. The SMILES string of the molecule is COc1ccc2nc(N3C(=O)C(=O)C(=C(O)c4nc5c(C)cccn5c4C)C3c3ccccc3F)sc2c1. The second-order valence-electron chi connectivity index (χ2n) is 8.95. The molecule has 1 amide bonds. The highest BCUT2D eigenvalue weighted by molar-refractivity contribution is 7.22. The summed E-state index contributed by atoms with van der Waals surface area (Å²) in [4.78, 5) is 37.3. The highest BCUT2D eigenvalue weighted by Gasteiger charge is 2.49. The molecule has 0 aliphatic carbocycles. The fraction of sp³-hybridized carbons (Fsp3) is 0.143. The Balaban J connectivity index is 1.60. The van der Waals surface area contributed by atoms with Crippen LogP contribution in [0.3, 0.4) is 0 Å². The Labute approximate surface area is 220 Å². The third kappa shape index (κ3) is 3.48. The van der Waals surface area contributed by atoms with E-state index in [4.69, 9.17) is 4.74 Å². The molecular formula is C28H21FN4O4S. The second-order valence-corrected chi connectivity index (χ2v) is 9.96. The van der Waals surface area contributed by atoms with Gasteiger partial charge in [0.25, 0.3) is 5.78 Å². The number of ketones is 1. The number of fused-ring (bicyclic) bond motifs is 2. The lowest BCUT2D eigenvalue weighted by molar-refractivity contribution is -0.132. The number of carbonyl (C=O) groups is 2. The Morgan fingerprint density at radius 1 is 1.08 bits per heavy atom. The highest BCUT2D eigenvalue weighted by Crippen LogP contribution is 2.45. The first-order chi connectivity index (χ1) is 18.3. The maximum absolute atomic E-state index is 15.2. The number of halogens is 1. The van der Waals surface area contributed by atoms with Gasteiger partial charge in [0.1, 0.15) is 28.9 Å². The van der Waals surface area contributed by atoms with Gasteiger partial charge in [0.15, 0.2) is 10.9 Å². The summed E-state index contributed by atoms with van der Waals surface area (Å²) in [5, 5.41) is 11.7. The fourth-order valence-corrected chi connectivity index (χ4v) is 5.84. The van der Waals surface area contributed by atoms with E-state index in [1.54, 1.807) is 48.9 Å². The predicted molar refractivity (Wildman–Crippen MR) is 142 cm³/mol. The fourth-order valence-electron chi connectivity index (χ4n) is 4.82. The van der Waals surface area contributed by atoms with E-state index in [0.717, 1.165) is 15.2 Å². The highest BCUT2D eigenvalue weighted by atomic mass is 32.1. The van der Waals surface area contributed by atoms with Crippen molar-refractivity contribution in [1.82, 2.24) is 14.4 Å². The van der Waals surface area contributed by atoms with Gasteiger partial charge in [0.2, 0.25) is 0 Å². The number of rotatable bonds is 4. The molecule has 0 spiro atoms. The number of hydrogen-bond donors (Lipinski definition) is 1. The average molecular weight is 529 g/mol. The number of ether oxygens (including phenoxy) is 1. The molecule has 10 heteroatoms. The number of hydrogen-bond acceptors (Lipinski definition) is 7. The van der Waals surface area contributed by atoms with Crippen molar-refractivity contribution < 1.29 is 23.8 Å². The first kappa shape index (κ1) is 23.8. The molecule has 2 aromatic carbocycles. The van der Waals surface area contributed by atoms with Gasteiger partial charge in [-0.1, -0.05) is 35.6 Å². The lowest BCUT2D eigenvalue weighted by Gasteiger charge is -2.23. The van der Waals surface area contributed by atoms with Crippen LogP contribution in [-0.2, 0) is 9.59 Å². The molecule has 1 unspecified atom stereocenters. The number of amides is 1. The third-order valence-corrected chi connectivity index (χ3v) is 7.76. The molecule has 1 aliphatic heterocycles. The molecule has 1 saturated heterocycles. The molecule has 0 bridgehead atoms. The maximum Gasteiger partial charge on any atom is 0.301 e. The number of aromatic nitrogens is 3. The minimum absolute atomic E-state index is 0.0580. The van der Waals surface area contributed by atoms with Crippen LogP contribution in [0.2, 0.25) is 0 Å². The number of carbonyl (C=O) groups excluding carboxylic acids is 2. The molecule has 190 valence electrons. The maximum atomic E-state index is 15.2. The van der Waals surface area contributed by atoms with E-state index in [0.29, 0.717) is 22.6 Å². The molecule has 1 N–H and O–H groups in total. The van der Waals surface area contributed by atoms with Crippen LogP contribution >= 0.6 is 11.3 Å². The molecule has 0 saturated carbocycles. The van der Waals surface area contributed by atoms with Gasteiger partial charge < -0.3 is 14.2 Å². The zero-order valence-electron chi connectivity index (χ0n) is 20.6. The third-order valence-electron chi connectivity index (χ3n) is 6.74. The molecule has 3 aromatic heterocycles. The molecule has 4 heterocycles. The quantitative estimate of drug-likeness (QED) is 0.192. The van der Waals surface area contributed by atoms with E-state index in [2.05, 4.69) is 9.97 Å². The zero-order chi connectivity index (χ0) is 26.7. The molecule has 0 radical (unpaired) electrons. The smallest absolute Gasteiger partial charge is 0.301 e. The Hall–Kier alpha value is -4.57. The van der Waals surface area contributed by atoms with Crippen LogP contribution in [0.1, 0.15) is 28.6 Å². The summed E-state index contributed by atoms with van der Waals surface area (Å²) >= 11 is 1.17. The van der Waals surface area contributed by atoms with Gasteiger partial charge in [-0.15, -0.1) is 0 Å². The molecule has 1 atom stereocenters. The van der Waals surface area contributed by atoms with Crippen LogP contribution in [0.25, 0.3) is 21.6 Å². The van der Waals surface area contributed by atoms with Crippen molar-refractivity contribution in [3.63, 3.8) is 0 Å². The predicted octanol–water partition coefficient (Wildman–Crippen LogP) is 5.33. The Bertz CT molecular complexity index is 1820. The van der Waals surface area contributed by atoms with Crippen molar-refractivity contribution >= 4 is 49.8 Å². The van der Waals surface area contributed by atoms with Crippen LogP contribution in [0.15, 0.2) is 66.4 Å². The standard InChI is InChI=1S/C28H21FN4O4S/c1-14-7-6-12-32-15(2)22(31-26(14)32)24(34)21-23(17-8-4-5-9-18(17)29)33(27(36)25(21)35)28-30-19-11-10-16(37-3)13-20(19)38-28/h4-13,23,34H,1-3H3. The van der Waals surface area contributed by atoms with Crippen LogP contribution in [-0.4, -0.2) is 38.3 Å². The first-order valence-corrected chi connectivity index (χ1v) is 12.6. The van der Waals surface area contributed by atoms with Crippen LogP contribution in [0.5, 0.6) is 5.75 Å². The molecule has 38 heavy (non-hydrogen) atoms. The van der Waals surface area contributed by atoms with E-state index in [-0.39, 0.29) is 22.0 Å². The lowest BCUT2D eigenvalue weighted by atomic mass is 9.96. The molecule has 8 nitrogen and oxygen atoms in total. The van der Waals surface area contributed by atoms with Crippen molar-refractivity contribution in [3.05, 3.63) is 94.7 Å². The summed E-state index contributed by atoms with van der Waals surface area (Å²) in [5.74, 6) is -2.34. The van der Waals surface area contributed by atoms with Crippen molar-refractivity contribution in [2.75, 3.05) is 12.0 Å². The summed E-state index contributed by atoms with van der Waals surface area (Å²) < 4.78 is 23.0. The number of aryl methyl sites for hydroxylation is 2. The van der Waals surface area contributed by atoms with E-state index in [1.165, 1.54) is 29.5 Å². The number of aliphatic hydroxyl groups is 1. The van der Waals surface area contributed by atoms with Gasteiger partial charge in [-0.25, -0.2) is 14.4 Å². The first-order valence-electron chi connectivity index (χ1n) is 11.7. The monoisotopic (exact) mass is 528 g/mol. The van der Waals surface area contributed by atoms with Gasteiger partial charge in [0.05, 0.1) is 28.6 Å². The lowest BCUT2D eigenvalue weighted by Crippen LogP contribution is -2.29. The summed E-state index contributed by atoms with van der Waals surface area (Å²) in [7, 11) is 1.54. The Morgan fingerprint density at radius 3 is 2.61 bits per heavy atom. The number of nitrogens with zero attached hydrogens (tertiary/aromatic N) is 4. The van der Waals surface area contributed by atoms with Crippen molar-refractivity contribution in [3.8, 4) is 5.75 Å². The van der Waals surface area contributed by atoms with E-state index in [1.807, 2.05) is 19.1 Å².